The summed E-state index contributed by atoms with van der Waals surface area (Å²) in [5, 5.41) is 1.34. The zero-order valence-corrected chi connectivity index (χ0v) is 12.5. The second kappa shape index (κ2) is 5.72. The van der Waals surface area contributed by atoms with Crippen LogP contribution in [0.2, 0.25) is 10.0 Å². The Labute approximate surface area is 128 Å². The zero-order chi connectivity index (χ0) is 14.1. The smallest absolute Gasteiger partial charge is 0.0485 e. The van der Waals surface area contributed by atoms with Crippen LogP contribution in [-0.2, 0) is 6.42 Å². The third kappa shape index (κ3) is 2.56. The summed E-state index contributed by atoms with van der Waals surface area (Å²) in [6.45, 7) is 0. The van der Waals surface area contributed by atoms with Crippen molar-refractivity contribution in [2.75, 3.05) is 0 Å². The minimum absolute atomic E-state index is 0.171. The molecule has 104 valence electrons. The highest BCUT2D eigenvalue weighted by molar-refractivity contribution is 6.33. The Hall–Kier alpha value is -1.09. The first-order chi connectivity index (χ1) is 9.66. The Morgan fingerprint density at radius 3 is 2.95 bits per heavy atom. The SMILES string of the molecule is NC(c1cc(Cl)ccc1Cl)C1CCCc2cccnc21. The van der Waals surface area contributed by atoms with E-state index in [1.165, 1.54) is 5.56 Å². The van der Waals surface area contributed by atoms with Crippen molar-refractivity contribution in [2.24, 2.45) is 5.73 Å². The van der Waals surface area contributed by atoms with Crippen LogP contribution in [0, 0.1) is 0 Å². The molecule has 0 radical (unpaired) electrons. The zero-order valence-electron chi connectivity index (χ0n) is 11.0. The number of nitrogens with zero attached hydrogens (tertiary/aromatic N) is 1. The van der Waals surface area contributed by atoms with Crippen LogP contribution in [0.5, 0.6) is 0 Å². The number of nitrogens with two attached hydrogens (primary N) is 1. The van der Waals surface area contributed by atoms with Crippen molar-refractivity contribution in [1.29, 1.82) is 0 Å². The monoisotopic (exact) mass is 306 g/mol. The van der Waals surface area contributed by atoms with Gasteiger partial charge >= 0.3 is 0 Å². The molecule has 3 rings (SSSR count). The molecule has 0 saturated heterocycles. The molecule has 2 atom stereocenters. The average molecular weight is 307 g/mol. The normalized spacial score (nSPS) is 19.4. The molecule has 0 amide bonds. The van der Waals surface area contributed by atoms with Gasteiger partial charge in [0, 0.05) is 33.9 Å². The highest BCUT2D eigenvalue weighted by atomic mass is 35.5. The molecule has 0 aliphatic heterocycles. The number of aromatic nitrogens is 1. The van der Waals surface area contributed by atoms with Gasteiger partial charge in [0.2, 0.25) is 0 Å². The number of aryl methyl sites for hydroxylation is 1. The number of pyridine rings is 1. The van der Waals surface area contributed by atoms with Crippen molar-refractivity contribution >= 4 is 23.2 Å². The molecule has 1 aliphatic rings. The molecule has 2 N–H and O–H groups in total. The molecule has 4 heteroatoms. The van der Waals surface area contributed by atoms with Gasteiger partial charge in [-0.1, -0.05) is 29.3 Å². The summed E-state index contributed by atoms with van der Waals surface area (Å²) >= 11 is 12.3. The molecule has 1 heterocycles. The summed E-state index contributed by atoms with van der Waals surface area (Å²) < 4.78 is 0. The van der Waals surface area contributed by atoms with Crippen molar-refractivity contribution in [3.63, 3.8) is 0 Å². The van der Waals surface area contributed by atoms with Crippen LogP contribution < -0.4 is 5.73 Å². The van der Waals surface area contributed by atoms with Gasteiger partial charge in [-0.2, -0.15) is 0 Å². The Morgan fingerprint density at radius 2 is 2.10 bits per heavy atom. The van der Waals surface area contributed by atoms with E-state index >= 15 is 0 Å². The first kappa shape index (κ1) is 13.9. The van der Waals surface area contributed by atoms with E-state index in [1.807, 2.05) is 18.3 Å². The fourth-order valence-corrected chi connectivity index (χ4v) is 3.41. The lowest BCUT2D eigenvalue weighted by atomic mass is 9.80. The van der Waals surface area contributed by atoms with Crippen LogP contribution in [0.15, 0.2) is 36.5 Å². The van der Waals surface area contributed by atoms with Gasteiger partial charge in [-0.25, -0.2) is 0 Å². The van der Waals surface area contributed by atoms with Crippen molar-refractivity contribution in [3.05, 3.63) is 63.4 Å². The van der Waals surface area contributed by atoms with Crippen LogP contribution in [0.4, 0.5) is 0 Å². The quantitative estimate of drug-likeness (QED) is 0.886. The van der Waals surface area contributed by atoms with Crippen molar-refractivity contribution in [3.8, 4) is 0 Å². The van der Waals surface area contributed by atoms with Crippen LogP contribution in [-0.4, -0.2) is 4.98 Å². The van der Waals surface area contributed by atoms with Crippen LogP contribution in [0.25, 0.3) is 0 Å². The van der Waals surface area contributed by atoms with Gasteiger partial charge in [-0.15, -0.1) is 0 Å². The summed E-state index contributed by atoms with van der Waals surface area (Å²) in [5.74, 6) is 0.205. The average Bonchev–Trinajstić information content (AvgIpc) is 2.48. The van der Waals surface area contributed by atoms with E-state index in [4.69, 9.17) is 28.9 Å². The second-order valence-corrected chi connectivity index (χ2v) is 6.08. The third-order valence-electron chi connectivity index (χ3n) is 3.99. The van der Waals surface area contributed by atoms with E-state index in [1.54, 1.807) is 12.1 Å². The molecule has 0 bridgehead atoms. The molecule has 2 nitrogen and oxygen atoms in total. The molecule has 20 heavy (non-hydrogen) atoms. The first-order valence-electron chi connectivity index (χ1n) is 6.81. The Bertz CT molecular complexity index is 628. The molecule has 1 aromatic heterocycles. The van der Waals surface area contributed by atoms with Gasteiger partial charge in [-0.05, 0) is 54.7 Å². The topological polar surface area (TPSA) is 38.9 Å². The summed E-state index contributed by atoms with van der Waals surface area (Å²) in [6, 6.07) is 9.41. The van der Waals surface area contributed by atoms with Gasteiger partial charge in [0.15, 0.2) is 0 Å². The Morgan fingerprint density at radius 1 is 1.25 bits per heavy atom. The molecular formula is C16H16Cl2N2. The number of benzene rings is 1. The summed E-state index contributed by atoms with van der Waals surface area (Å²) in [5.41, 5.74) is 9.79. The molecule has 0 spiro atoms. The molecule has 2 aromatic rings. The van der Waals surface area contributed by atoms with Gasteiger partial charge in [0.25, 0.3) is 0 Å². The van der Waals surface area contributed by atoms with Gasteiger partial charge in [0.05, 0.1) is 0 Å². The molecular weight excluding hydrogens is 291 g/mol. The maximum Gasteiger partial charge on any atom is 0.0485 e. The highest BCUT2D eigenvalue weighted by Crippen LogP contribution is 2.40. The largest absolute Gasteiger partial charge is 0.323 e. The fraction of sp³-hybridized carbons (Fsp3) is 0.312. The molecule has 2 unspecified atom stereocenters. The predicted octanol–water partition coefficient (Wildman–Crippen LogP) is 4.51. The minimum atomic E-state index is -0.171. The highest BCUT2D eigenvalue weighted by Gasteiger charge is 2.28. The lowest BCUT2D eigenvalue weighted by molar-refractivity contribution is 0.463. The van der Waals surface area contributed by atoms with Crippen molar-refractivity contribution < 1.29 is 0 Å². The van der Waals surface area contributed by atoms with Crippen molar-refractivity contribution in [2.45, 2.75) is 31.2 Å². The Balaban J connectivity index is 1.99. The van der Waals surface area contributed by atoms with Gasteiger partial charge in [0.1, 0.15) is 0 Å². The van der Waals surface area contributed by atoms with E-state index in [0.29, 0.717) is 10.0 Å². The van der Waals surface area contributed by atoms with E-state index in [9.17, 15) is 0 Å². The molecule has 1 aromatic carbocycles. The van der Waals surface area contributed by atoms with E-state index in [2.05, 4.69) is 11.1 Å². The maximum absolute atomic E-state index is 6.47. The van der Waals surface area contributed by atoms with E-state index in [-0.39, 0.29) is 12.0 Å². The standard InChI is InChI=1S/C16H16Cl2N2/c17-11-6-7-14(18)13(9-11)15(19)12-5-1-3-10-4-2-8-20-16(10)12/h2,4,6-9,12,15H,1,3,5,19H2. The minimum Gasteiger partial charge on any atom is -0.323 e. The Kier molecular flexibility index (Phi) is 3.97. The summed E-state index contributed by atoms with van der Waals surface area (Å²) in [7, 11) is 0. The van der Waals surface area contributed by atoms with E-state index in [0.717, 1.165) is 30.5 Å². The predicted molar refractivity (Wildman–Crippen MR) is 83.3 cm³/mol. The number of halogens is 2. The van der Waals surface area contributed by atoms with Gasteiger partial charge < -0.3 is 5.73 Å². The van der Waals surface area contributed by atoms with Crippen molar-refractivity contribution in [1.82, 2.24) is 4.98 Å². The summed E-state index contributed by atoms with van der Waals surface area (Å²) in [6.07, 6.45) is 5.09. The third-order valence-corrected chi connectivity index (χ3v) is 4.57. The van der Waals surface area contributed by atoms with E-state index < -0.39 is 0 Å². The number of hydrogen-bond acceptors (Lipinski definition) is 2. The lowest BCUT2D eigenvalue weighted by Gasteiger charge is -2.29. The molecule has 0 saturated carbocycles. The first-order valence-corrected chi connectivity index (χ1v) is 7.56. The number of fused-ring (bicyclic) bond motifs is 1. The fourth-order valence-electron chi connectivity index (χ4n) is 2.98. The number of rotatable bonds is 2. The van der Waals surface area contributed by atoms with Crippen LogP contribution in [0.1, 0.15) is 41.6 Å². The summed E-state index contributed by atoms with van der Waals surface area (Å²) in [4.78, 5) is 4.54. The molecule has 1 aliphatic carbocycles. The van der Waals surface area contributed by atoms with Gasteiger partial charge in [-0.3, -0.25) is 4.98 Å². The number of hydrogen-bond donors (Lipinski definition) is 1. The lowest BCUT2D eigenvalue weighted by Crippen LogP contribution is -2.24. The molecule has 0 fully saturated rings. The van der Waals surface area contributed by atoms with Crippen LogP contribution in [0.3, 0.4) is 0 Å². The second-order valence-electron chi connectivity index (χ2n) is 5.24. The maximum atomic E-state index is 6.47. The van der Waals surface area contributed by atoms with Crippen LogP contribution >= 0.6 is 23.2 Å².